The van der Waals surface area contributed by atoms with Crippen LogP contribution in [-0.4, -0.2) is 48.2 Å². The van der Waals surface area contributed by atoms with Crippen LogP contribution in [0.4, 0.5) is 10.1 Å². The highest BCUT2D eigenvalue weighted by Crippen LogP contribution is 2.25. The van der Waals surface area contributed by atoms with E-state index in [4.69, 9.17) is 5.11 Å². The van der Waals surface area contributed by atoms with Gasteiger partial charge < -0.3 is 14.9 Å². The fraction of sp³-hybridized carbons (Fsp3) is 0.500. The zero-order chi connectivity index (χ0) is 14.0. The molecule has 1 aromatic carbocycles. The van der Waals surface area contributed by atoms with Crippen molar-refractivity contribution < 1.29 is 14.3 Å². The van der Waals surface area contributed by atoms with Crippen LogP contribution in [0.25, 0.3) is 0 Å². The topological polar surface area (TPSA) is 43.8 Å². The predicted molar refractivity (Wildman–Crippen MR) is 71.5 cm³/mol. The molecule has 1 heterocycles. The van der Waals surface area contributed by atoms with Crippen molar-refractivity contribution in [2.24, 2.45) is 0 Å². The van der Waals surface area contributed by atoms with Gasteiger partial charge in [0.05, 0.1) is 0 Å². The average molecular weight is 266 g/mol. The summed E-state index contributed by atoms with van der Waals surface area (Å²) >= 11 is 0. The van der Waals surface area contributed by atoms with Crippen LogP contribution in [0.5, 0.6) is 0 Å². The molecule has 1 N–H and O–H groups in total. The lowest BCUT2D eigenvalue weighted by Crippen LogP contribution is -2.60. The first kappa shape index (κ1) is 13.8. The van der Waals surface area contributed by atoms with E-state index >= 15 is 0 Å². The molecule has 0 saturated carbocycles. The molecule has 1 aliphatic rings. The van der Waals surface area contributed by atoms with E-state index in [1.807, 2.05) is 11.8 Å². The second kappa shape index (κ2) is 5.57. The van der Waals surface area contributed by atoms with Crippen molar-refractivity contribution in [3.8, 4) is 0 Å². The van der Waals surface area contributed by atoms with Gasteiger partial charge in [-0.2, -0.15) is 0 Å². The van der Waals surface area contributed by atoms with Crippen LogP contribution in [0.15, 0.2) is 24.3 Å². The van der Waals surface area contributed by atoms with Gasteiger partial charge in [0.25, 0.3) is 0 Å². The fourth-order valence-electron chi connectivity index (χ4n) is 2.46. The molecule has 104 valence electrons. The van der Waals surface area contributed by atoms with Gasteiger partial charge in [-0.3, -0.25) is 4.79 Å². The van der Waals surface area contributed by atoms with E-state index in [0.717, 1.165) is 0 Å². The van der Waals surface area contributed by atoms with Crippen LogP contribution >= 0.6 is 0 Å². The van der Waals surface area contributed by atoms with Crippen molar-refractivity contribution in [3.63, 3.8) is 0 Å². The van der Waals surface area contributed by atoms with Gasteiger partial charge in [-0.1, -0.05) is 6.07 Å². The van der Waals surface area contributed by atoms with Crippen LogP contribution in [0, 0.1) is 5.82 Å². The molecule has 0 bridgehead atoms. The summed E-state index contributed by atoms with van der Waals surface area (Å²) in [6.07, 6.45) is 0.354. The lowest BCUT2D eigenvalue weighted by atomic mass is 10.0. The highest BCUT2D eigenvalue weighted by Gasteiger charge is 2.36. The summed E-state index contributed by atoms with van der Waals surface area (Å²) in [6, 6.07) is 5.87. The Kier molecular flexibility index (Phi) is 4.04. The highest BCUT2D eigenvalue weighted by molar-refractivity contribution is 5.86. The number of likely N-dealkylation sites (N-methyl/N-ethyl adjacent to an activating group) is 1. The van der Waals surface area contributed by atoms with Crippen LogP contribution in [0.3, 0.4) is 0 Å². The third-order valence-electron chi connectivity index (χ3n) is 3.67. The second-order valence-electron chi connectivity index (χ2n) is 4.96. The Hall–Kier alpha value is -1.62. The van der Waals surface area contributed by atoms with Gasteiger partial charge >= 0.3 is 0 Å². The number of piperazine rings is 1. The first-order valence-electron chi connectivity index (χ1n) is 6.44. The molecule has 0 aromatic heterocycles. The minimum absolute atomic E-state index is 0.0305. The second-order valence-corrected chi connectivity index (χ2v) is 4.96. The number of aliphatic hydroxyl groups excluding tert-OH is 1. The number of carbonyl (C=O) groups is 1. The van der Waals surface area contributed by atoms with E-state index in [-0.39, 0.29) is 24.4 Å². The van der Waals surface area contributed by atoms with Gasteiger partial charge in [0, 0.05) is 31.9 Å². The molecule has 2 unspecified atom stereocenters. The Balaban J connectivity index is 2.32. The molecule has 2 atom stereocenters. The normalized spacial score (nSPS) is 23.9. The van der Waals surface area contributed by atoms with Crippen LogP contribution in [0.1, 0.15) is 13.3 Å². The molecule has 1 saturated heterocycles. The summed E-state index contributed by atoms with van der Waals surface area (Å²) in [5.74, 6) is -0.351. The molecule has 1 aliphatic heterocycles. The number of carbonyl (C=O) groups excluding carboxylic acids is 1. The Labute approximate surface area is 112 Å². The zero-order valence-corrected chi connectivity index (χ0v) is 11.2. The monoisotopic (exact) mass is 266 g/mol. The standard InChI is InChI=1S/C14H19FN2O2/c1-10-9-17(12-5-3-4-11(15)8-12)13(6-7-18)14(19)16(10)2/h3-5,8,10,13,18H,6-7,9H2,1-2H3. The molecule has 0 spiro atoms. The van der Waals surface area contributed by atoms with E-state index in [0.29, 0.717) is 18.7 Å². The smallest absolute Gasteiger partial charge is 0.245 e. The lowest BCUT2D eigenvalue weighted by Gasteiger charge is -2.44. The molecule has 1 fully saturated rings. The van der Waals surface area contributed by atoms with Crippen LogP contribution in [0.2, 0.25) is 0 Å². The third-order valence-corrected chi connectivity index (χ3v) is 3.67. The maximum atomic E-state index is 13.3. The first-order chi connectivity index (χ1) is 9.04. The summed E-state index contributed by atoms with van der Waals surface area (Å²) in [6.45, 7) is 2.53. The molecule has 1 aromatic rings. The van der Waals surface area contributed by atoms with E-state index in [1.54, 1.807) is 24.1 Å². The Morgan fingerprint density at radius 2 is 2.21 bits per heavy atom. The van der Waals surface area contributed by atoms with Crippen molar-refractivity contribution in [2.75, 3.05) is 25.1 Å². The van der Waals surface area contributed by atoms with E-state index in [1.165, 1.54) is 12.1 Å². The maximum absolute atomic E-state index is 13.3. The molecule has 19 heavy (non-hydrogen) atoms. The first-order valence-corrected chi connectivity index (χ1v) is 6.44. The van der Waals surface area contributed by atoms with Gasteiger partial charge in [-0.05, 0) is 31.5 Å². The largest absolute Gasteiger partial charge is 0.396 e. The van der Waals surface area contributed by atoms with Crippen molar-refractivity contribution >= 4 is 11.6 Å². The molecule has 4 nitrogen and oxygen atoms in total. The molecular weight excluding hydrogens is 247 g/mol. The summed E-state index contributed by atoms with van der Waals surface area (Å²) < 4.78 is 13.3. The Morgan fingerprint density at radius 3 is 2.84 bits per heavy atom. The molecular formula is C14H19FN2O2. The summed E-state index contributed by atoms with van der Waals surface area (Å²) in [5.41, 5.74) is 0.687. The van der Waals surface area contributed by atoms with E-state index < -0.39 is 6.04 Å². The van der Waals surface area contributed by atoms with E-state index in [2.05, 4.69) is 0 Å². The third kappa shape index (κ3) is 2.71. The van der Waals surface area contributed by atoms with Gasteiger partial charge in [-0.25, -0.2) is 4.39 Å². The number of amides is 1. The van der Waals surface area contributed by atoms with Gasteiger partial charge in [0.1, 0.15) is 11.9 Å². The van der Waals surface area contributed by atoms with Crippen LogP contribution < -0.4 is 4.90 Å². The number of hydrogen-bond donors (Lipinski definition) is 1. The summed E-state index contributed by atoms with van der Waals surface area (Å²) in [4.78, 5) is 15.8. The zero-order valence-electron chi connectivity index (χ0n) is 11.2. The Bertz CT molecular complexity index is 467. The number of halogens is 1. The molecule has 2 rings (SSSR count). The predicted octanol–water partition coefficient (Wildman–Crippen LogP) is 1.24. The maximum Gasteiger partial charge on any atom is 0.245 e. The van der Waals surface area contributed by atoms with Gasteiger partial charge in [-0.15, -0.1) is 0 Å². The minimum atomic E-state index is -0.423. The number of rotatable bonds is 3. The van der Waals surface area contributed by atoms with E-state index in [9.17, 15) is 9.18 Å². The van der Waals surface area contributed by atoms with Gasteiger partial charge in [0.15, 0.2) is 0 Å². The lowest BCUT2D eigenvalue weighted by molar-refractivity contribution is -0.135. The fourth-order valence-corrected chi connectivity index (χ4v) is 2.46. The van der Waals surface area contributed by atoms with Crippen molar-refractivity contribution in [1.82, 2.24) is 4.90 Å². The summed E-state index contributed by atoms with van der Waals surface area (Å²) in [7, 11) is 1.76. The minimum Gasteiger partial charge on any atom is -0.396 e. The SMILES string of the molecule is CC1CN(c2cccc(F)c2)C(CCO)C(=O)N1C. The quantitative estimate of drug-likeness (QED) is 0.895. The Morgan fingerprint density at radius 1 is 1.47 bits per heavy atom. The average Bonchev–Trinajstić information content (AvgIpc) is 2.39. The summed E-state index contributed by atoms with van der Waals surface area (Å²) in [5, 5.41) is 9.14. The van der Waals surface area contributed by atoms with Crippen molar-refractivity contribution in [3.05, 3.63) is 30.1 Å². The highest BCUT2D eigenvalue weighted by atomic mass is 19.1. The number of nitrogens with zero attached hydrogens (tertiary/aromatic N) is 2. The molecule has 5 heteroatoms. The molecule has 0 aliphatic carbocycles. The van der Waals surface area contributed by atoms with Crippen molar-refractivity contribution in [1.29, 1.82) is 0 Å². The molecule has 0 radical (unpaired) electrons. The number of aliphatic hydroxyl groups is 1. The van der Waals surface area contributed by atoms with Crippen molar-refractivity contribution in [2.45, 2.75) is 25.4 Å². The number of hydrogen-bond acceptors (Lipinski definition) is 3. The molecule has 1 amide bonds. The number of benzene rings is 1. The van der Waals surface area contributed by atoms with Gasteiger partial charge in [0.2, 0.25) is 5.91 Å². The number of anilines is 1. The van der Waals surface area contributed by atoms with Crippen LogP contribution in [-0.2, 0) is 4.79 Å².